The number of benzene rings is 1. The standard InChI is InChI=1S/C11H9NO/c1-8-7-10-9(5-6-12)3-2-4-11(10)13-8/h2-4,7H,5H2,1H3. The summed E-state index contributed by atoms with van der Waals surface area (Å²) >= 11 is 0. The van der Waals surface area contributed by atoms with Crippen molar-refractivity contribution in [3.8, 4) is 6.07 Å². The van der Waals surface area contributed by atoms with Gasteiger partial charge in [-0.15, -0.1) is 0 Å². The molecular weight excluding hydrogens is 162 g/mol. The summed E-state index contributed by atoms with van der Waals surface area (Å²) in [5.41, 5.74) is 1.90. The van der Waals surface area contributed by atoms with Crippen molar-refractivity contribution >= 4 is 11.0 Å². The minimum Gasteiger partial charge on any atom is -0.461 e. The summed E-state index contributed by atoms with van der Waals surface area (Å²) in [6.07, 6.45) is 0.441. The Hall–Kier alpha value is -1.75. The zero-order chi connectivity index (χ0) is 9.26. The van der Waals surface area contributed by atoms with Gasteiger partial charge in [-0.2, -0.15) is 5.26 Å². The van der Waals surface area contributed by atoms with Crippen molar-refractivity contribution in [1.29, 1.82) is 5.26 Å². The van der Waals surface area contributed by atoms with Crippen LogP contribution in [0, 0.1) is 18.3 Å². The molecule has 1 heterocycles. The van der Waals surface area contributed by atoms with Crippen LogP contribution < -0.4 is 0 Å². The highest BCUT2D eigenvalue weighted by Crippen LogP contribution is 2.22. The van der Waals surface area contributed by atoms with Gasteiger partial charge in [0.15, 0.2) is 0 Å². The Morgan fingerprint density at radius 1 is 1.46 bits per heavy atom. The normalized spacial score (nSPS) is 10.2. The third-order valence-electron chi connectivity index (χ3n) is 2.04. The van der Waals surface area contributed by atoms with Gasteiger partial charge in [-0.25, -0.2) is 0 Å². The Kier molecular flexibility index (Phi) is 1.79. The molecule has 2 nitrogen and oxygen atoms in total. The van der Waals surface area contributed by atoms with Crippen molar-refractivity contribution in [1.82, 2.24) is 0 Å². The van der Waals surface area contributed by atoms with Crippen LogP contribution in [0.15, 0.2) is 28.7 Å². The summed E-state index contributed by atoms with van der Waals surface area (Å²) in [7, 11) is 0. The molecule has 0 aliphatic carbocycles. The van der Waals surface area contributed by atoms with Gasteiger partial charge in [0.25, 0.3) is 0 Å². The smallest absolute Gasteiger partial charge is 0.134 e. The number of hydrogen-bond acceptors (Lipinski definition) is 2. The molecule has 1 aromatic heterocycles. The Balaban J connectivity index is 2.69. The third-order valence-corrected chi connectivity index (χ3v) is 2.04. The highest BCUT2D eigenvalue weighted by Gasteiger charge is 2.04. The molecule has 0 atom stereocenters. The minimum atomic E-state index is 0.441. The Labute approximate surface area is 76.4 Å². The SMILES string of the molecule is Cc1cc2c(CC#N)cccc2o1. The zero-order valence-corrected chi connectivity index (χ0v) is 7.37. The fourth-order valence-corrected chi connectivity index (χ4v) is 1.49. The summed E-state index contributed by atoms with van der Waals surface area (Å²) in [6.45, 7) is 1.91. The van der Waals surface area contributed by atoms with Crippen LogP contribution in [0.3, 0.4) is 0 Å². The fourth-order valence-electron chi connectivity index (χ4n) is 1.49. The van der Waals surface area contributed by atoms with Crippen LogP contribution in [0.5, 0.6) is 0 Å². The number of furan rings is 1. The van der Waals surface area contributed by atoms with E-state index < -0.39 is 0 Å². The topological polar surface area (TPSA) is 36.9 Å². The predicted octanol–water partition coefficient (Wildman–Crippen LogP) is 2.81. The van der Waals surface area contributed by atoms with E-state index in [1.807, 2.05) is 31.2 Å². The minimum absolute atomic E-state index is 0.441. The van der Waals surface area contributed by atoms with Crippen LogP contribution in [0.2, 0.25) is 0 Å². The molecule has 0 N–H and O–H groups in total. The quantitative estimate of drug-likeness (QED) is 0.661. The van der Waals surface area contributed by atoms with Gasteiger partial charge in [0.1, 0.15) is 11.3 Å². The first kappa shape index (κ1) is 7.88. The van der Waals surface area contributed by atoms with Gasteiger partial charge < -0.3 is 4.42 Å². The third kappa shape index (κ3) is 1.29. The lowest BCUT2D eigenvalue weighted by Crippen LogP contribution is -1.80. The zero-order valence-electron chi connectivity index (χ0n) is 7.37. The second-order valence-corrected chi connectivity index (χ2v) is 3.02. The molecule has 0 aliphatic rings. The molecule has 1 aromatic carbocycles. The molecular formula is C11H9NO. The average Bonchev–Trinajstić information content (AvgIpc) is 2.47. The van der Waals surface area contributed by atoms with Crippen molar-refractivity contribution in [2.75, 3.05) is 0 Å². The van der Waals surface area contributed by atoms with Gasteiger partial charge in [0.2, 0.25) is 0 Å². The number of nitrogens with zero attached hydrogens (tertiary/aromatic N) is 1. The summed E-state index contributed by atoms with van der Waals surface area (Å²) in [6, 6.07) is 9.91. The van der Waals surface area contributed by atoms with Crippen LogP contribution in [0.1, 0.15) is 11.3 Å². The first-order valence-electron chi connectivity index (χ1n) is 4.16. The van der Waals surface area contributed by atoms with E-state index in [9.17, 15) is 0 Å². The highest BCUT2D eigenvalue weighted by molar-refractivity contribution is 5.81. The van der Waals surface area contributed by atoms with Crippen LogP contribution in [-0.2, 0) is 6.42 Å². The van der Waals surface area contributed by atoms with Gasteiger partial charge in [0.05, 0.1) is 12.5 Å². The monoisotopic (exact) mass is 171 g/mol. The van der Waals surface area contributed by atoms with Crippen LogP contribution in [0.4, 0.5) is 0 Å². The number of nitriles is 1. The Morgan fingerprint density at radius 3 is 3.08 bits per heavy atom. The number of fused-ring (bicyclic) bond motifs is 1. The van der Waals surface area contributed by atoms with Crippen molar-refractivity contribution < 1.29 is 4.42 Å². The van der Waals surface area contributed by atoms with E-state index in [-0.39, 0.29) is 0 Å². The molecule has 0 radical (unpaired) electrons. The number of hydrogen-bond donors (Lipinski definition) is 0. The second kappa shape index (κ2) is 2.95. The molecule has 0 amide bonds. The Morgan fingerprint density at radius 2 is 2.31 bits per heavy atom. The van der Waals surface area contributed by atoms with E-state index in [1.54, 1.807) is 0 Å². The summed E-state index contributed by atoms with van der Waals surface area (Å²) in [4.78, 5) is 0. The van der Waals surface area contributed by atoms with E-state index in [2.05, 4.69) is 6.07 Å². The van der Waals surface area contributed by atoms with E-state index in [4.69, 9.17) is 9.68 Å². The summed E-state index contributed by atoms with van der Waals surface area (Å²) in [5, 5.41) is 9.66. The molecule has 0 bridgehead atoms. The van der Waals surface area contributed by atoms with Gasteiger partial charge in [-0.05, 0) is 24.6 Å². The first-order chi connectivity index (χ1) is 6.31. The van der Waals surface area contributed by atoms with Gasteiger partial charge >= 0.3 is 0 Å². The summed E-state index contributed by atoms with van der Waals surface area (Å²) in [5.74, 6) is 0.889. The van der Waals surface area contributed by atoms with Crippen LogP contribution in [-0.4, -0.2) is 0 Å². The Bertz CT molecular complexity index is 476. The second-order valence-electron chi connectivity index (χ2n) is 3.02. The van der Waals surface area contributed by atoms with Crippen molar-refractivity contribution in [3.63, 3.8) is 0 Å². The maximum atomic E-state index is 8.61. The molecule has 0 unspecified atom stereocenters. The average molecular weight is 171 g/mol. The molecule has 2 aromatic rings. The lowest BCUT2D eigenvalue weighted by molar-refractivity contribution is 0.578. The largest absolute Gasteiger partial charge is 0.461 e. The molecule has 0 saturated carbocycles. The molecule has 0 saturated heterocycles. The predicted molar refractivity (Wildman–Crippen MR) is 50.3 cm³/mol. The number of rotatable bonds is 1. The molecule has 2 heteroatoms. The van der Waals surface area contributed by atoms with Crippen molar-refractivity contribution in [2.24, 2.45) is 0 Å². The van der Waals surface area contributed by atoms with E-state index >= 15 is 0 Å². The molecule has 13 heavy (non-hydrogen) atoms. The molecule has 64 valence electrons. The van der Waals surface area contributed by atoms with E-state index in [0.29, 0.717) is 6.42 Å². The lowest BCUT2D eigenvalue weighted by atomic mass is 10.1. The fraction of sp³-hybridized carbons (Fsp3) is 0.182. The van der Waals surface area contributed by atoms with Gasteiger partial charge in [-0.1, -0.05) is 12.1 Å². The van der Waals surface area contributed by atoms with Gasteiger partial charge in [-0.3, -0.25) is 0 Å². The van der Waals surface area contributed by atoms with E-state index in [0.717, 1.165) is 22.3 Å². The first-order valence-corrected chi connectivity index (χ1v) is 4.16. The maximum Gasteiger partial charge on any atom is 0.134 e. The van der Waals surface area contributed by atoms with Crippen LogP contribution >= 0.6 is 0 Å². The van der Waals surface area contributed by atoms with E-state index in [1.165, 1.54) is 0 Å². The lowest BCUT2D eigenvalue weighted by Gasteiger charge is -1.94. The molecule has 2 rings (SSSR count). The van der Waals surface area contributed by atoms with Crippen molar-refractivity contribution in [2.45, 2.75) is 13.3 Å². The van der Waals surface area contributed by atoms with Crippen molar-refractivity contribution in [3.05, 3.63) is 35.6 Å². The highest BCUT2D eigenvalue weighted by atomic mass is 16.3. The summed E-state index contributed by atoms with van der Waals surface area (Å²) < 4.78 is 5.45. The molecule has 0 aliphatic heterocycles. The van der Waals surface area contributed by atoms with Gasteiger partial charge in [0, 0.05) is 5.39 Å². The molecule has 0 spiro atoms. The number of aryl methyl sites for hydroxylation is 1. The van der Waals surface area contributed by atoms with Crippen LogP contribution in [0.25, 0.3) is 11.0 Å². The maximum absolute atomic E-state index is 8.61. The molecule has 0 fully saturated rings.